The lowest BCUT2D eigenvalue weighted by molar-refractivity contribution is 0.182. The molecule has 1 saturated heterocycles. The van der Waals surface area contributed by atoms with E-state index in [2.05, 4.69) is 40.0 Å². The molecule has 1 aromatic carbocycles. The van der Waals surface area contributed by atoms with Crippen LogP contribution in [0.4, 0.5) is 0 Å². The fourth-order valence-electron chi connectivity index (χ4n) is 2.73. The number of aryl methyl sites for hydroxylation is 1. The van der Waals surface area contributed by atoms with Crippen LogP contribution in [-0.4, -0.2) is 36.2 Å². The molecule has 0 aromatic heterocycles. The Morgan fingerprint density at radius 1 is 1.25 bits per heavy atom. The lowest BCUT2D eigenvalue weighted by Gasteiger charge is -2.34. The van der Waals surface area contributed by atoms with Crippen LogP contribution in [-0.2, 0) is 0 Å². The van der Waals surface area contributed by atoms with Crippen molar-refractivity contribution in [2.24, 2.45) is 0 Å². The van der Waals surface area contributed by atoms with Gasteiger partial charge >= 0.3 is 0 Å². The van der Waals surface area contributed by atoms with Crippen molar-refractivity contribution in [2.75, 3.05) is 26.2 Å². The highest BCUT2D eigenvalue weighted by Crippen LogP contribution is 2.37. The quantitative estimate of drug-likeness (QED) is 0.816. The molecule has 0 aliphatic carbocycles. The summed E-state index contributed by atoms with van der Waals surface area (Å²) in [4.78, 5) is 2.42. The largest absolute Gasteiger partial charge is 0.508 e. The second-order valence-corrected chi connectivity index (χ2v) is 5.82. The summed E-state index contributed by atoms with van der Waals surface area (Å²) in [5.41, 5.74) is 3.29. The van der Waals surface area contributed by atoms with Crippen LogP contribution in [0.25, 0.3) is 0 Å². The van der Waals surface area contributed by atoms with Gasteiger partial charge in [-0.15, -0.1) is 24.8 Å². The zero-order chi connectivity index (χ0) is 13.3. The average Bonchev–Trinajstić information content (AvgIpc) is 2.37. The van der Waals surface area contributed by atoms with Gasteiger partial charge in [0.2, 0.25) is 0 Å². The Bertz CT molecular complexity index is 451. The van der Waals surface area contributed by atoms with Crippen LogP contribution >= 0.6 is 40.7 Å². The minimum atomic E-state index is 0. The second kappa shape index (κ2) is 8.44. The molecule has 6 heteroatoms. The van der Waals surface area contributed by atoms with Crippen molar-refractivity contribution in [2.45, 2.75) is 26.8 Å². The molecule has 0 amide bonds. The summed E-state index contributed by atoms with van der Waals surface area (Å²) in [7, 11) is 0. The summed E-state index contributed by atoms with van der Waals surface area (Å²) in [5.74, 6) is 0.416. The minimum absolute atomic E-state index is 0. The van der Waals surface area contributed by atoms with Gasteiger partial charge in [-0.3, -0.25) is 4.90 Å². The molecule has 0 radical (unpaired) electrons. The summed E-state index contributed by atoms with van der Waals surface area (Å²) >= 11 is 3.61. The van der Waals surface area contributed by atoms with E-state index in [0.717, 1.165) is 47.3 Å². The maximum Gasteiger partial charge on any atom is 0.120 e. The van der Waals surface area contributed by atoms with Gasteiger partial charge in [0.1, 0.15) is 5.75 Å². The Labute approximate surface area is 142 Å². The van der Waals surface area contributed by atoms with Crippen LogP contribution in [0.1, 0.15) is 29.7 Å². The second-order valence-electron chi connectivity index (χ2n) is 5.03. The SMILES string of the molecule is Cc1cc(O)c([C@@H](C)N2CCNCC2)c(C)c1Br.Cl.Cl. The molecule has 0 spiro atoms. The highest BCUT2D eigenvalue weighted by atomic mass is 79.9. The lowest BCUT2D eigenvalue weighted by Crippen LogP contribution is -2.44. The van der Waals surface area contributed by atoms with Gasteiger partial charge in [-0.25, -0.2) is 0 Å². The monoisotopic (exact) mass is 384 g/mol. The molecular weight excluding hydrogens is 363 g/mol. The number of hydrogen-bond acceptors (Lipinski definition) is 3. The Morgan fingerprint density at radius 2 is 1.80 bits per heavy atom. The van der Waals surface area contributed by atoms with Gasteiger partial charge in [0, 0.05) is 42.3 Å². The van der Waals surface area contributed by atoms with Gasteiger partial charge in [0.25, 0.3) is 0 Å². The van der Waals surface area contributed by atoms with E-state index in [4.69, 9.17) is 0 Å². The predicted molar refractivity (Wildman–Crippen MR) is 92.6 cm³/mol. The minimum Gasteiger partial charge on any atom is -0.508 e. The van der Waals surface area contributed by atoms with Gasteiger partial charge in [0.05, 0.1) is 0 Å². The first kappa shape index (κ1) is 20.0. The summed E-state index contributed by atoms with van der Waals surface area (Å²) < 4.78 is 1.11. The van der Waals surface area contributed by atoms with Crippen LogP contribution in [0.15, 0.2) is 10.5 Å². The first-order valence-electron chi connectivity index (χ1n) is 6.45. The highest BCUT2D eigenvalue weighted by molar-refractivity contribution is 9.10. The van der Waals surface area contributed by atoms with E-state index in [9.17, 15) is 5.11 Å². The molecule has 1 aliphatic heterocycles. The number of nitrogens with zero attached hydrogens (tertiary/aromatic N) is 1. The van der Waals surface area contributed by atoms with Gasteiger partial charge in [-0.05, 0) is 38.0 Å². The zero-order valence-corrected chi connectivity index (χ0v) is 15.3. The van der Waals surface area contributed by atoms with Gasteiger partial charge in [-0.1, -0.05) is 15.9 Å². The van der Waals surface area contributed by atoms with E-state index in [1.165, 1.54) is 0 Å². The molecule has 116 valence electrons. The molecule has 20 heavy (non-hydrogen) atoms. The van der Waals surface area contributed by atoms with Crippen molar-refractivity contribution >= 4 is 40.7 Å². The van der Waals surface area contributed by atoms with Crippen molar-refractivity contribution in [3.8, 4) is 5.75 Å². The predicted octanol–water partition coefficient (Wildman–Crippen LogP) is 3.58. The Morgan fingerprint density at radius 3 is 2.35 bits per heavy atom. The normalized spacial score (nSPS) is 17.0. The molecule has 0 saturated carbocycles. The summed E-state index contributed by atoms with van der Waals surface area (Å²) in [6.07, 6.45) is 0. The number of piperazine rings is 1. The van der Waals surface area contributed by atoms with Crippen LogP contribution in [0.2, 0.25) is 0 Å². The number of hydrogen-bond donors (Lipinski definition) is 2. The first-order valence-corrected chi connectivity index (χ1v) is 7.25. The Balaban J connectivity index is 0.00000180. The van der Waals surface area contributed by atoms with Crippen molar-refractivity contribution in [3.63, 3.8) is 0 Å². The maximum atomic E-state index is 10.2. The smallest absolute Gasteiger partial charge is 0.120 e. The van der Waals surface area contributed by atoms with E-state index >= 15 is 0 Å². The number of benzene rings is 1. The molecule has 2 rings (SSSR count). The van der Waals surface area contributed by atoms with Gasteiger partial charge < -0.3 is 10.4 Å². The van der Waals surface area contributed by atoms with Crippen molar-refractivity contribution in [1.82, 2.24) is 10.2 Å². The van der Waals surface area contributed by atoms with E-state index < -0.39 is 0 Å². The van der Waals surface area contributed by atoms with Crippen molar-refractivity contribution in [1.29, 1.82) is 0 Å². The standard InChI is InChI=1S/C14H21BrN2O.2ClH/c1-9-8-12(18)13(10(2)14(9)15)11(3)17-6-4-16-5-7-17;;/h8,11,16,18H,4-7H2,1-3H3;2*1H/t11-;;/m1../s1. The van der Waals surface area contributed by atoms with Crippen LogP contribution in [0.5, 0.6) is 5.75 Å². The highest BCUT2D eigenvalue weighted by Gasteiger charge is 2.23. The van der Waals surface area contributed by atoms with Gasteiger partial charge in [0.15, 0.2) is 0 Å². The molecular formula is C14H23BrCl2N2O. The molecule has 1 fully saturated rings. The third-order valence-corrected chi connectivity index (χ3v) is 5.05. The molecule has 3 nitrogen and oxygen atoms in total. The van der Waals surface area contributed by atoms with E-state index in [-0.39, 0.29) is 30.9 Å². The number of nitrogens with one attached hydrogen (secondary N) is 1. The summed E-state index contributed by atoms with van der Waals surface area (Å²) in [6.45, 7) is 10.4. The Hall–Kier alpha value is -0.000000000000000111. The fraction of sp³-hybridized carbons (Fsp3) is 0.571. The molecule has 1 atom stereocenters. The number of phenolic OH excluding ortho intramolecular Hbond substituents is 1. The third kappa shape index (κ3) is 4.01. The summed E-state index contributed by atoms with van der Waals surface area (Å²) in [5, 5.41) is 13.6. The van der Waals surface area contributed by atoms with Crippen molar-refractivity contribution < 1.29 is 5.11 Å². The van der Waals surface area contributed by atoms with Crippen LogP contribution in [0.3, 0.4) is 0 Å². The van der Waals surface area contributed by atoms with E-state index in [0.29, 0.717) is 5.75 Å². The molecule has 1 aliphatic rings. The lowest BCUT2D eigenvalue weighted by atomic mass is 9.97. The maximum absolute atomic E-state index is 10.2. The zero-order valence-electron chi connectivity index (χ0n) is 12.1. The number of phenols is 1. The molecule has 1 aromatic rings. The third-order valence-electron chi connectivity index (χ3n) is 3.83. The molecule has 1 heterocycles. The van der Waals surface area contributed by atoms with Crippen molar-refractivity contribution in [3.05, 3.63) is 27.2 Å². The first-order chi connectivity index (χ1) is 8.52. The van der Waals surface area contributed by atoms with E-state index in [1.807, 2.05) is 13.0 Å². The van der Waals surface area contributed by atoms with E-state index in [1.54, 1.807) is 0 Å². The molecule has 0 bridgehead atoms. The average molecular weight is 386 g/mol. The Kier molecular flexibility index (Phi) is 8.44. The van der Waals surface area contributed by atoms with Crippen LogP contribution in [0, 0.1) is 13.8 Å². The molecule has 0 unspecified atom stereocenters. The fourth-order valence-corrected chi connectivity index (χ4v) is 3.06. The topological polar surface area (TPSA) is 35.5 Å². The molecule has 2 N–H and O–H groups in total. The number of rotatable bonds is 2. The van der Waals surface area contributed by atoms with Crippen LogP contribution < -0.4 is 5.32 Å². The summed E-state index contributed by atoms with van der Waals surface area (Å²) in [6, 6.07) is 2.11. The number of aromatic hydroxyl groups is 1. The number of halogens is 3. The van der Waals surface area contributed by atoms with Gasteiger partial charge in [-0.2, -0.15) is 0 Å².